The van der Waals surface area contributed by atoms with Gasteiger partial charge in [0.1, 0.15) is 0 Å². The molecule has 1 aliphatic rings. The molecule has 2 rings (SSSR count). The van der Waals surface area contributed by atoms with Crippen LogP contribution in [0.2, 0.25) is 0 Å². The van der Waals surface area contributed by atoms with Gasteiger partial charge >= 0.3 is 0 Å². The van der Waals surface area contributed by atoms with E-state index in [0.29, 0.717) is 0 Å². The fourth-order valence-corrected chi connectivity index (χ4v) is 3.23. The maximum Gasteiger partial charge on any atom is 0.0648 e. The second-order valence-corrected chi connectivity index (χ2v) is 5.39. The number of thiophene rings is 1. The standard InChI is InChI=1S/C12H19NOS/c1-14-10-12(6-2-3-7-13-12)9-11-5-4-8-15-11/h4-5,8,13H,2-3,6-7,9-10H2,1H3. The molecule has 1 fully saturated rings. The van der Waals surface area contributed by atoms with Crippen molar-refractivity contribution in [1.29, 1.82) is 0 Å². The molecule has 2 nitrogen and oxygen atoms in total. The van der Waals surface area contributed by atoms with Crippen LogP contribution in [0.1, 0.15) is 24.1 Å². The highest BCUT2D eigenvalue weighted by atomic mass is 32.1. The number of ether oxygens (including phenoxy) is 1. The number of hydrogen-bond donors (Lipinski definition) is 1. The summed E-state index contributed by atoms with van der Waals surface area (Å²) in [4.78, 5) is 1.46. The zero-order valence-electron chi connectivity index (χ0n) is 9.29. The molecule has 3 heteroatoms. The average Bonchev–Trinajstić information content (AvgIpc) is 2.72. The third-order valence-electron chi connectivity index (χ3n) is 3.10. The van der Waals surface area contributed by atoms with Gasteiger partial charge in [0.15, 0.2) is 0 Å². The van der Waals surface area contributed by atoms with E-state index >= 15 is 0 Å². The van der Waals surface area contributed by atoms with Crippen molar-refractivity contribution in [3.05, 3.63) is 22.4 Å². The Hall–Kier alpha value is -0.380. The molecule has 0 bridgehead atoms. The van der Waals surface area contributed by atoms with Crippen LogP contribution >= 0.6 is 11.3 Å². The summed E-state index contributed by atoms with van der Waals surface area (Å²) < 4.78 is 5.38. The number of nitrogens with one attached hydrogen (secondary N) is 1. The van der Waals surface area contributed by atoms with Crippen molar-refractivity contribution < 1.29 is 4.74 Å². The van der Waals surface area contributed by atoms with Crippen LogP contribution in [0.5, 0.6) is 0 Å². The summed E-state index contributed by atoms with van der Waals surface area (Å²) in [6.07, 6.45) is 4.97. The number of methoxy groups -OCH3 is 1. The summed E-state index contributed by atoms with van der Waals surface area (Å²) in [7, 11) is 1.80. The molecule has 1 unspecified atom stereocenters. The predicted molar refractivity (Wildman–Crippen MR) is 64.5 cm³/mol. The van der Waals surface area contributed by atoms with Gasteiger partial charge in [-0.05, 0) is 30.8 Å². The molecule has 0 saturated carbocycles. The highest BCUT2D eigenvalue weighted by Crippen LogP contribution is 2.26. The van der Waals surface area contributed by atoms with Gasteiger partial charge in [-0.15, -0.1) is 11.3 Å². The zero-order chi connectivity index (χ0) is 10.6. The van der Waals surface area contributed by atoms with Crippen molar-refractivity contribution in [2.75, 3.05) is 20.3 Å². The fourth-order valence-electron chi connectivity index (χ4n) is 2.38. The van der Waals surface area contributed by atoms with Crippen molar-refractivity contribution in [2.45, 2.75) is 31.2 Å². The third kappa shape index (κ3) is 2.80. The molecule has 0 aromatic carbocycles. The van der Waals surface area contributed by atoms with Crippen molar-refractivity contribution in [2.24, 2.45) is 0 Å². The molecule has 0 radical (unpaired) electrons. The Morgan fingerprint density at radius 1 is 1.53 bits per heavy atom. The first-order valence-electron chi connectivity index (χ1n) is 5.61. The van der Waals surface area contributed by atoms with Gasteiger partial charge in [0, 0.05) is 23.9 Å². The van der Waals surface area contributed by atoms with Gasteiger partial charge in [0.25, 0.3) is 0 Å². The molecule has 0 aliphatic carbocycles. The van der Waals surface area contributed by atoms with Gasteiger partial charge < -0.3 is 10.1 Å². The SMILES string of the molecule is COCC1(Cc2cccs2)CCCCN1. The number of rotatable bonds is 4. The maximum atomic E-state index is 5.38. The maximum absolute atomic E-state index is 5.38. The fraction of sp³-hybridized carbons (Fsp3) is 0.667. The molecule has 1 aliphatic heterocycles. The van der Waals surface area contributed by atoms with E-state index < -0.39 is 0 Å². The lowest BCUT2D eigenvalue weighted by Crippen LogP contribution is -2.53. The van der Waals surface area contributed by atoms with Crippen LogP contribution in [0, 0.1) is 0 Å². The van der Waals surface area contributed by atoms with Crippen LogP contribution in [0.25, 0.3) is 0 Å². The molecular weight excluding hydrogens is 206 g/mol. The van der Waals surface area contributed by atoms with Crippen LogP contribution in [0.15, 0.2) is 17.5 Å². The Kier molecular flexibility index (Phi) is 3.78. The highest BCUT2D eigenvalue weighted by molar-refractivity contribution is 7.09. The minimum absolute atomic E-state index is 0.192. The van der Waals surface area contributed by atoms with E-state index in [2.05, 4.69) is 22.8 Å². The molecule has 0 amide bonds. The quantitative estimate of drug-likeness (QED) is 0.850. The van der Waals surface area contributed by atoms with Crippen molar-refractivity contribution in [3.8, 4) is 0 Å². The summed E-state index contributed by atoms with van der Waals surface area (Å²) in [5.41, 5.74) is 0.192. The molecule has 1 N–H and O–H groups in total. The summed E-state index contributed by atoms with van der Waals surface area (Å²) in [6.45, 7) is 1.96. The van der Waals surface area contributed by atoms with Gasteiger partial charge in [-0.2, -0.15) is 0 Å². The molecule has 1 atom stereocenters. The predicted octanol–water partition coefficient (Wildman–Crippen LogP) is 2.45. The second-order valence-electron chi connectivity index (χ2n) is 4.35. The van der Waals surface area contributed by atoms with Crippen molar-refractivity contribution >= 4 is 11.3 Å². The Morgan fingerprint density at radius 2 is 2.47 bits per heavy atom. The van der Waals surface area contributed by atoms with Crippen LogP contribution in [0.4, 0.5) is 0 Å². The summed E-state index contributed by atoms with van der Waals surface area (Å²) >= 11 is 1.85. The molecule has 84 valence electrons. The van der Waals surface area contributed by atoms with E-state index in [9.17, 15) is 0 Å². The Labute approximate surface area is 95.6 Å². The van der Waals surface area contributed by atoms with Crippen LogP contribution in [-0.2, 0) is 11.2 Å². The molecule has 1 saturated heterocycles. The highest BCUT2D eigenvalue weighted by Gasteiger charge is 2.31. The van der Waals surface area contributed by atoms with Crippen LogP contribution in [0.3, 0.4) is 0 Å². The summed E-state index contributed by atoms with van der Waals surface area (Å²) in [5, 5.41) is 5.80. The van der Waals surface area contributed by atoms with E-state index in [1.54, 1.807) is 7.11 Å². The van der Waals surface area contributed by atoms with E-state index in [0.717, 1.165) is 19.6 Å². The molecule has 2 heterocycles. The van der Waals surface area contributed by atoms with Gasteiger partial charge in [-0.3, -0.25) is 0 Å². The molecule has 1 aromatic rings. The first kappa shape index (κ1) is 11.1. The minimum atomic E-state index is 0.192. The van der Waals surface area contributed by atoms with Crippen LogP contribution in [-0.4, -0.2) is 25.8 Å². The van der Waals surface area contributed by atoms with Crippen LogP contribution < -0.4 is 5.32 Å². The Balaban J connectivity index is 2.04. The Bertz CT molecular complexity index is 272. The third-order valence-corrected chi connectivity index (χ3v) is 3.97. The van der Waals surface area contributed by atoms with E-state index in [4.69, 9.17) is 4.74 Å². The monoisotopic (exact) mass is 225 g/mol. The van der Waals surface area contributed by atoms with Crippen molar-refractivity contribution in [1.82, 2.24) is 5.32 Å². The summed E-state index contributed by atoms with van der Waals surface area (Å²) in [6, 6.07) is 4.35. The smallest absolute Gasteiger partial charge is 0.0648 e. The molecule has 0 spiro atoms. The molecular formula is C12H19NOS. The lowest BCUT2D eigenvalue weighted by atomic mass is 9.86. The van der Waals surface area contributed by atoms with Gasteiger partial charge in [0.2, 0.25) is 0 Å². The second kappa shape index (κ2) is 5.10. The van der Waals surface area contributed by atoms with E-state index in [-0.39, 0.29) is 5.54 Å². The lowest BCUT2D eigenvalue weighted by molar-refractivity contribution is 0.0899. The first-order chi connectivity index (χ1) is 7.35. The van der Waals surface area contributed by atoms with Gasteiger partial charge in [-0.1, -0.05) is 12.5 Å². The van der Waals surface area contributed by atoms with Gasteiger partial charge in [-0.25, -0.2) is 0 Å². The normalized spacial score (nSPS) is 26.7. The number of piperidine rings is 1. The van der Waals surface area contributed by atoms with Crippen molar-refractivity contribution in [3.63, 3.8) is 0 Å². The largest absolute Gasteiger partial charge is 0.383 e. The average molecular weight is 225 g/mol. The number of hydrogen-bond acceptors (Lipinski definition) is 3. The Morgan fingerprint density at radius 3 is 3.07 bits per heavy atom. The minimum Gasteiger partial charge on any atom is -0.383 e. The summed E-state index contributed by atoms with van der Waals surface area (Å²) in [5.74, 6) is 0. The zero-order valence-corrected chi connectivity index (χ0v) is 10.1. The van der Waals surface area contributed by atoms with E-state index in [1.165, 1.54) is 24.1 Å². The molecule has 1 aromatic heterocycles. The molecule has 15 heavy (non-hydrogen) atoms. The topological polar surface area (TPSA) is 21.3 Å². The lowest BCUT2D eigenvalue weighted by Gasteiger charge is -2.37. The van der Waals surface area contributed by atoms with E-state index in [1.807, 2.05) is 11.3 Å². The van der Waals surface area contributed by atoms with Gasteiger partial charge in [0.05, 0.1) is 6.61 Å². The first-order valence-corrected chi connectivity index (χ1v) is 6.49.